The first-order valence-electron chi connectivity index (χ1n) is 12.4. The van der Waals surface area contributed by atoms with E-state index in [1.54, 1.807) is 6.07 Å². The highest BCUT2D eigenvalue weighted by atomic mass is 28.4. The normalized spacial score (nSPS) is 12.2. The molecule has 1 amide bonds. The second-order valence-corrected chi connectivity index (χ2v) is 15.1. The molecular weight excluding hydrogens is 458 g/mol. The van der Waals surface area contributed by atoms with Gasteiger partial charge in [-0.05, 0) is 49.2 Å². The van der Waals surface area contributed by atoms with Crippen molar-refractivity contribution in [1.29, 1.82) is 0 Å². The topological polar surface area (TPSA) is 125 Å². The summed E-state index contributed by atoms with van der Waals surface area (Å²) in [5.41, 5.74) is 13.1. The first-order valence-corrected chi connectivity index (χ1v) is 15.3. The van der Waals surface area contributed by atoms with Crippen LogP contribution in [0.15, 0.2) is 40.6 Å². The molecule has 9 heteroatoms. The quantitative estimate of drug-likeness (QED) is 0.175. The number of hydrogen-bond acceptors (Lipinski definition) is 7. The summed E-state index contributed by atoms with van der Waals surface area (Å²) < 4.78 is 11.6. The summed E-state index contributed by atoms with van der Waals surface area (Å²) in [6, 6.07) is 9.35. The number of aryl methyl sites for hydroxylation is 1. The van der Waals surface area contributed by atoms with Crippen LogP contribution in [0.4, 0.5) is 22.0 Å². The van der Waals surface area contributed by atoms with E-state index in [1.165, 1.54) is 25.7 Å². The van der Waals surface area contributed by atoms with Crippen LogP contribution in [-0.2, 0) is 6.42 Å². The van der Waals surface area contributed by atoms with Crippen LogP contribution in [0.3, 0.4) is 0 Å². The first-order chi connectivity index (χ1) is 16.4. The van der Waals surface area contributed by atoms with Gasteiger partial charge in [0.1, 0.15) is 17.1 Å². The van der Waals surface area contributed by atoms with Gasteiger partial charge < -0.3 is 20.6 Å². The van der Waals surface area contributed by atoms with E-state index < -0.39 is 14.4 Å². The fraction of sp³-hybridized carbons (Fsp3) is 0.538. The molecule has 0 spiro atoms. The lowest BCUT2D eigenvalue weighted by molar-refractivity contribution is 0.208. The van der Waals surface area contributed by atoms with Crippen molar-refractivity contribution in [3.05, 3.63) is 35.9 Å². The number of amides is 1. The van der Waals surface area contributed by atoms with E-state index in [0.29, 0.717) is 23.5 Å². The van der Waals surface area contributed by atoms with E-state index in [0.717, 1.165) is 18.4 Å². The molecule has 1 aromatic carbocycles. The summed E-state index contributed by atoms with van der Waals surface area (Å²) in [6.45, 7) is 13.1. The smallest absolute Gasteiger partial charge is 0.411 e. The molecule has 0 saturated heterocycles. The molecule has 0 atom stereocenters. The van der Waals surface area contributed by atoms with Gasteiger partial charge in [-0.1, -0.05) is 71.9 Å². The Hall–Kier alpha value is -2.94. The predicted molar refractivity (Wildman–Crippen MR) is 144 cm³/mol. The van der Waals surface area contributed by atoms with Gasteiger partial charge in [-0.3, -0.25) is 0 Å². The summed E-state index contributed by atoms with van der Waals surface area (Å²) in [7, 11) is -2.05. The Balaban J connectivity index is 2.28. The van der Waals surface area contributed by atoms with E-state index in [9.17, 15) is 4.79 Å². The molecule has 2 aromatic rings. The number of benzene rings is 1. The van der Waals surface area contributed by atoms with E-state index in [2.05, 4.69) is 56.0 Å². The standard InChI is InChI=1S/C26H41N5O3Si/c1-7-8-9-10-11-12-15-19-18-21(23(27)29-24(19)33-25(28)32)31-30-20-16-13-14-17-22(20)34-35(5,6)26(2,3)4/h13-14,16-18H,7-12,15H2,1-6H3,(H2,27,29)(H2,28,32). The molecule has 0 bridgehead atoms. The highest BCUT2D eigenvalue weighted by Gasteiger charge is 2.39. The lowest BCUT2D eigenvalue weighted by Gasteiger charge is -2.36. The van der Waals surface area contributed by atoms with Crippen molar-refractivity contribution in [2.75, 3.05) is 5.73 Å². The Bertz CT molecular complexity index is 1020. The van der Waals surface area contributed by atoms with Gasteiger partial charge in [0, 0.05) is 5.56 Å². The van der Waals surface area contributed by atoms with Crippen molar-refractivity contribution in [1.82, 2.24) is 4.98 Å². The molecule has 0 fully saturated rings. The number of ether oxygens (including phenoxy) is 1. The van der Waals surface area contributed by atoms with Crippen LogP contribution in [-0.4, -0.2) is 19.4 Å². The second-order valence-electron chi connectivity index (χ2n) is 10.3. The molecule has 192 valence electrons. The van der Waals surface area contributed by atoms with Crippen LogP contribution in [0.5, 0.6) is 11.6 Å². The number of aromatic nitrogens is 1. The molecule has 0 radical (unpaired) electrons. The Morgan fingerprint density at radius 3 is 2.31 bits per heavy atom. The van der Waals surface area contributed by atoms with Gasteiger partial charge in [0.15, 0.2) is 5.82 Å². The Morgan fingerprint density at radius 2 is 1.66 bits per heavy atom. The number of azo groups is 1. The third-order valence-electron chi connectivity index (χ3n) is 6.37. The number of unbranched alkanes of at least 4 members (excludes halogenated alkanes) is 5. The fourth-order valence-corrected chi connectivity index (χ4v) is 4.27. The van der Waals surface area contributed by atoms with Crippen molar-refractivity contribution in [2.45, 2.75) is 90.8 Å². The number of carbonyl (C=O) groups excluding carboxylic acids is 1. The number of nitrogens with zero attached hydrogens (tertiary/aromatic N) is 3. The lowest BCUT2D eigenvalue weighted by atomic mass is 10.1. The van der Waals surface area contributed by atoms with E-state index in [1.807, 2.05) is 24.3 Å². The average molecular weight is 500 g/mol. The second kappa shape index (κ2) is 12.7. The molecule has 0 saturated carbocycles. The summed E-state index contributed by atoms with van der Waals surface area (Å²) >= 11 is 0. The van der Waals surface area contributed by atoms with E-state index in [4.69, 9.17) is 20.6 Å². The van der Waals surface area contributed by atoms with Crippen molar-refractivity contribution >= 4 is 31.6 Å². The number of primary amides is 1. The molecule has 8 nitrogen and oxygen atoms in total. The number of pyridine rings is 1. The molecule has 35 heavy (non-hydrogen) atoms. The van der Waals surface area contributed by atoms with Gasteiger partial charge in [0.2, 0.25) is 5.88 Å². The van der Waals surface area contributed by atoms with Crippen LogP contribution < -0.4 is 20.6 Å². The molecule has 0 aliphatic rings. The Kier molecular flexibility index (Phi) is 10.2. The fourth-order valence-electron chi connectivity index (χ4n) is 3.24. The minimum absolute atomic E-state index is 0.0489. The first kappa shape index (κ1) is 28.3. The number of hydrogen-bond donors (Lipinski definition) is 2. The van der Waals surface area contributed by atoms with Gasteiger partial charge in [0.25, 0.3) is 8.32 Å². The van der Waals surface area contributed by atoms with Crippen LogP contribution >= 0.6 is 0 Å². The zero-order valence-corrected chi connectivity index (χ0v) is 23.1. The number of nitrogens with two attached hydrogens (primary N) is 2. The van der Waals surface area contributed by atoms with Gasteiger partial charge in [-0.15, -0.1) is 10.2 Å². The number of nitrogen functional groups attached to an aromatic ring is 1. The maximum Gasteiger partial charge on any atom is 0.411 e. The molecule has 0 aliphatic carbocycles. The average Bonchev–Trinajstić information content (AvgIpc) is 2.76. The van der Waals surface area contributed by atoms with Crippen LogP contribution in [0.1, 0.15) is 71.8 Å². The molecule has 1 aromatic heterocycles. The van der Waals surface area contributed by atoms with Gasteiger partial charge in [-0.25, -0.2) is 4.79 Å². The van der Waals surface area contributed by atoms with Gasteiger partial charge in [0.05, 0.1) is 0 Å². The molecule has 4 N–H and O–H groups in total. The number of carbonyl (C=O) groups is 1. The van der Waals surface area contributed by atoms with E-state index >= 15 is 0 Å². The number of para-hydroxylation sites is 1. The number of rotatable bonds is 12. The summed E-state index contributed by atoms with van der Waals surface area (Å²) in [6.07, 6.45) is 6.60. The molecule has 2 rings (SSSR count). The largest absolute Gasteiger partial charge is 0.542 e. The zero-order chi connectivity index (χ0) is 26.1. The van der Waals surface area contributed by atoms with Crippen LogP contribution in [0, 0.1) is 0 Å². The summed E-state index contributed by atoms with van der Waals surface area (Å²) in [5.74, 6) is 0.930. The van der Waals surface area contributed by atoms with Crippen molar-refractivity contribution in [2.24, 2.45) is 16.0 Å². The Labute approximate surface area is 210 Å². The van der Waals surface area contributed by atoms with Crippen molar-refractivity contribution in [3.63, 3.8) is 0 Å². The van der Waals surface area contributed by atoms with Gasteiger partial charge in [-0.2, -0.15) is 4.98 Å². The minimum atomic E-state index is -2.05. The molecule has 0 aliphatic heterocycles. The molecule has 1 heterocycles. The van der Waals surface area contributed by atoms with Crippen LogP contribution in [0.25, 0.3) is 0 Å². The maximum absolute atomic E-state index is 11.4. The molecule has 0 unspecified atom stereocenters. The van der Waals surface area contributed by atoms with E-state index in [-0.39, 0.29) is 16.7 Å². The third kappa shape index (κ3) is 8.65. The summed E-state index contributed by atoms with van der Waals surface area (Å²) in [4.78, 5) is 15.6. The van der Waals surface area contributed by atoms with Crippen molar-refractivity contribution in [3.8, 4) is 11.6 Å². The Morgan fingerprint density at radius 1 is 1.03 bits per heavy atom. The summed E-state index contributed by atoms with van der Waals surface area (Å²) in [5, 5.41) is 8.86. The van der Waals surface area contributed by atoms with Crippen molar-refractivity contribution < 1.29 is 14.0 Å². The lowest BCUT2D eigenvalue weighted by Crippen LogP contribution is -2.43. The highest BCUT2D eigenvalue weighted by Crippen LogP contribution is 2.40. The van der Waals surface area contributed by atoms with Crippen LogP contribution in [0.2, 0.25) is 18.1 Å². The SMILES string of the molecule is CCCCCCCCc1cc(N=Nc2ccccc2O[Si](C)(C)C(C)(C)C)c(N)nc1OC(N)=O. The predicted octanol–water partition coefficient (Wildman–Crippen LogP) is 7.82. The maximum atomic E-state index is 11.4. The number of anilines is 1. The monoisotopic (exact) mass is 499 g/mol. The minimum Gasteiger partial charge on any atom is -0.542 e. The highest BCUT2D eigenvalue weighted by molar-refractivity contribution is 6.74. The van der Waals surface area contributed by atoms with Gasteiger partial charge >= 0.3 is 6.09 Å². The third-order valence-corrected chi connectivity index (χ3v) is 10.7. The zero-order valence-electron chi connectivity index (χ0n) is 22.1. The molecular formula is C26H41N5O3Si.